The molecule has 0 N–H and O–H groups in total. The predicted molar refractivity (Wildman–Crippen MR) is 87.3 cm³/mol. The van der Waals surface area contributed by atoms with E-state index in [0.717, 1.165) is 31.4 Å². The Bertz CT molecular complexity index is 687. The largest absolute Gasteiger partial charge is 0.417 e. The van der Waals surface area contributed by atoms with Crippen molar-refractivity contribution >= 4 is 29.1 Å². The molecule has 1 unspecified atom stereocenters. The summed E-state index contributed by atoms with van der Waals surface area (Å²) in [6.07, 6.45) is -1.59. The van der Waals surface area contributed by atoms with Gasteiger partial charge in [-0.1, -0.05) is 11.6 Å². The van der Waals surface area contributed by atoms with Crippen molar-refractivity contribution in [2.45, 2.75) is 31.9 Å². The molecule has 0 aromatic heterocycles. The smallest absolute Gasteiger partial charge is 0.342 e. The fourth-order valence-electron chi connectivity index (χ4n) is 3.39. The molecular formula is C17H18ClF3N2O2. The summed E-state index contributed by atoms with van der Waals surface area (Å²) >= 11 is 5.62. The van der Waals surface area contributed by atoms with E-state index >= 15 is 0 Å². The Morgan fingerprint density at radius 3 is 2.48 bits per heavy atom. The van der Waals surface area contributed by atoms with Crippen molar-refractivity contribution in [2.24, 2.45) is 5.92 Å². The number of rotatable bonds is 2. The van der Waals surface area contributed by atoms with Crippen molar-refractivity contribution in [1.29, 1.82) is 0 Å². The van der Waals surface area contributed by atoms with E-state index in [1.54, 1.807) is 4.90 Å². The first-order valence-corrected chi connectivity index (χ1v) is 8.61. The van der Waals surface area contributed by atoms with Gasteiger partial charge in [-0.05, 0) is 37.5 Å². The Kier molecular flexibility index (Phi) is 4.95. The van der Waals surface area contributed by atoms with Crippen molar-refractivity contribution in [3.05, 3.63) is 28.8 Å². The van der Waals surface area contributed by atoms with Crippen LogP contribution in [0.2, 0.25) is 5.02 Å². The highest BCUT2D eigenvalue weighted by Crippen LogP contribution is 2.38. The Balaban J connectivity index is 1.78. The topological polar surface area (TPSA) is 40.6 Å². The van der Waals surface area contributed by atoms with E-state index in [1.807, 2.05) is 0 Å². The summed E-state index contributed by atoms with van der Waals surface area (Å²) in [6.45, 7) is 1.47. The third kappa shape index (κ3) is 3.76. The average Bonchev–Trinajstić information content (AvgIpc) is 2.96. The molecule has 0 saturated carbocycles. The molecule has 2 saturated heterocycles. The normalized spacial score (nSPS) is 21.8. The number of hydrogen-bond acceptors (Lipinski definition) is 2. The third-order valence-electron chi connectivity index (χ3n) is 4.71. The van der Waals surface area contributed by atoms with Crippen LogP contribution in [0.4, 0.5) is 18.9 Å². The fourth-order valence-corrected chi connectivity index (χ4v) is 3.62. The second kappa shape index (κ2) is 6.86. The lowest BCUT2D eigenvalue weighted by Gasteiger charge is -2.29. The number of alkyl halides is 3. The van der Waals surface area contributed by atoms with Crippen molar-refractivity contribution < 1.29 is 22.8 Å². The minimum absolute atomic E-state index is 0.0271. The van der Waals surface area contributed by atoms with Gasteiger partial charge in [0.1, 0.15) is 0 Å². The summed E-state index contributed by atoms with van der Waals surface area (Å²) in [5.41, 5.74) is -0.860. The lowest BCUT2D eigenvalue weighted by Crippen LogP contribution is -2.40. The number of likely N-dealkylation sites (tertiary alicyclic amines) is 1. The van der Waals surface area contributed by atoms with E-state index in [2.05, 4.69) is 0 Å². The molecule has 0 aliphatic carbocycles. The molecule has 25 heavy (non-hydrogen) atoms. The molecule has 3 rings (SSSR count). The maximum absolute atomic E-state index is 13.0. The van der Waals surface area contributed by atoms with E-state index in [1.165, 1.54) is 11.0 Å². The van der Waals surface area contributed by atoms with Crippen LogP contribution in [-0.4, -0.2) is 36.3 Å². The molecule has 2 fully saturated rings. The minimum atomic E-state index is -4.60. The van der Waals surface area contributed by atoms with Gasteiger partial charge in [-0.3, -0.25) is 9.59 Å². The summed E-state index contributed by atoms with van der Waals surface area (Å²) in [6, 6.07) is 3.38. The van der Waals surface area contributed by atoms with Gasteiger partial charge in [0, 0.05) is 31.7 Å². The zero-order valence-corrected chi connectivity index (χ0v) is 14.2. The molecule has 2 heterocycles. The van der Waals surface area contributed by atoms with Crippen molar-refractivity contribution in [3.63, 3.8) is 0 Å². The van der Waals surface area contributed by atoms with Crippen LogP contribution >= 0.6 is 11.6 Å². The minimum Gasteiger partial charge on any atom is -0.342 e. The van der Waals surface area contributed by atoms with E-state index < -0.39 is 22.7 Å². The molecule has 1 aromatic rings. The maximum Gasteiger partial charge on any atom is 0.417 e. The number of carbonyl (C=O) groups is 2. The van der Waals surface area contributed by atoms with Crippen molar-refractivity contribution in [1.82, 2.24) is 4.90 Å². The first kappa shape index (κ1) is 18.0. The Hall–Kier alpha value is -1.76. The summed E-state index contributed by atoms with van der Waals surface area (Å²) in [4.78, 5) is 27.8. The molecule has 136 valence electrons. The maximum atomic E-state index is 13.0. The predicted octanol–water partition coefficient (Wildman–Crippen LogP) is 3.72. The van der Waals surface area contributed by atoms with Crippen LogP contribution in [0.3, 0.4) is 0 Å². The van der Waals surface area contributed by atoms with Crippen LogP contribution in [0.1, 0.15) is 31.2 Å². The fraction of sp³-hybridized carbons (Fsp3) is 0.529. The van der Waals surface area contributed by atoms with Crippen LogP contribution in [0, 0.1) is 5.92 Å². The quantitative estimate of drug-likeness (QED) is 0.791. The van der Waals surface area contributed by atoms with Gasteiger partial charge in [0.05, 0.1) is 16.5 Å². The number of carbonyl (C=O) groups excluding carboxylic acids is 2. The number of piperidine rings is 1. The highest BCUT2D eigenvalue weighted by molar-refractivity contribution is 6.31. The molecule has 8 heteroatoms. The van der Waals surface area contributed by atoms with Gasteiger partial charge in [0.2, 0.25) is 11.8 Å². The van der Waals surface area contributed by atoms with Gasteiger partial charge < -0.3 is 9.80 Å². The van der Waals surface area contributed by atoms with E-state index in [0.29, 0.717) is 13.1 Å². The van der Waals surface area contributed by atoms with E-state index in [9.17, 15) is 22.8 Å². The molecule has 0 spiro atoms. The summed E-state index contributed by atoms with van der Waals surface area (Å²) < 4.78 is 39.0. The van der Waals surface area contributed by atoms with Gasteiger partial charge in [-0.15, -0.1) is 0 Å². The standard InChI is InChI=1S/C17H18ClF3N2O2/c18-14-5-4-12(9-13(14)17(19,20)21)23-10-11(8-15(23)24)16(25)22-6-2-1-3-7-22/h4-5,9,11H,1-3,6-8,10H2. The summed E-state index contributed by atoms with van der Waals surface area (Å²) in [5, 5.41) is -0.413. The second-order valence-corrected chi connectivity index (χ2v) is 6.86. The van der Waals surface area contributed by atoms with E-state index in [4.69, 9.17) is 11.6 Å². The molecule has 0 radical (unpaired) electrons. The van der Waals surface area contributed by atoms with Crippen LogP contribution in [0.25, 0.3) is 0 Å². The van der Waals surface area contributed by atoms with Crippen LogP contribution < -0.4 is 4.90 Å². The monoisotopic (exact) mass is 374 g/mol. The second-order valence-electron chi connectivity index (χ2n) is 6.45. The molecular weight excluding hydrogens is 357 g/mol. The van der Waals surface area contributed by atoms with Gasteiger partial charge in [-0.2, -0.15) is 13.2 Å². The molecule has 0 bridgehead atoms. The van der Waals surface area contributed by atoms with Crippen molar-refractivity contribution in [3.8, 4) is 0 Å². The van der Waals surface area contributed by atoms with Gasteiger partial charge in [-0.25, -0.2) is 0 Å². The first-order valence-electron chi connectivity index (χ1n) is 8.23. The van der Waals surface area contributed by atoms with Crippen LogP contribution in [-0.2, 0) is 15.8 Å². The lowest BCUT2D eigenvalue weighted by molar-refractivity contribution is -0.137. The zero-order valence-electron chi connectivity index (χ0n) is 13.5. The van der Waals surface area contributed by atoms with Crippen LogP contribution in [0.15, 0.2) is 18.2 Å². The molecule has 2 aliphatic rings. The number of amides is 2. The number of halogens is 4. The van der Waals surface area contributed by atoms with Gasteiger partial charge in [0.15, 0.2) is 0 Å². The Labute approximate surface area is 148 Å². The Morgan fingerprint density at radius 1 is 1.16 bits per heavy atom. The zero-order chi connectivity index (χ0) is 18.2. The number of nitrogens with zero attached hydrogens (tertiary/aromatic N) is 2. The molecule has 4 nitrogen and oxygen atoms in total. The molecule has 2 aliphatic heterocycles. The first-order chi connectivity index (χ1) is 11.8. The molecule has 1 aromatic carbocycles. The summed E-state index contributed by atoms with van der Waals surface area (Å²) in [5.74, 6) is -0.929. The number of hydrogen-bond donors (Lipinski definition) is 0. The SMILES string of the molecule is O=C(C1CC(=O)N(c2ccc(Cl)c(C(F)(F)F)c2)C1)N1CCCCC1. The van der Waals surface area contributed by atoms with Crippen LogP contribution in [0.5, 0.6) is 0 Å². The lowest BCUT2D eigenvalue weighted by atomic mass is 10.0. The number of anilines is 1. The molecule has 2 amide bonds. The Morgan fingerprint density at radius 2 is 1.84 bits per heavy atom. The van der Waals surface area contributed by atoms with Gasteiger partial charge in [0.25, 0.3) is 0 Å². The third-order valence-corrected chi connectivity index (χ3v) is 5.04. The summed E-state index contributed by atoms with van der Waals surface area (Å²) in [7, 11) is 0. The highest BCUT2D eigenvalue weighted by Gasteiger charge is 2.39. The highest BCUT2D eigenvalue weighted by atomic mass is 35.5. The molecule has 1 atom stereocenters. The number of benzene rings is 1. The van der Waals surface area contributed by atoms with Crippen molar-refractivity contribution in [2.75, 3.05) is 24.5 Å². The van der Waals surface area contributed by atoms with E-state index in [-0.39, 0.29) is 30.5 Å². The van der Waals surface area contributed by atoms with Gasteiger partial charge >= 0.3 is 6.18 Å². The average molecular weight is 375 g/mol.